The molecule has 0 aliphatic rings. The molecule has 148 valence electrons. The Balaban J connectivity index is 2.01. The number of benzene rings is 2. The Kier molecular flexibility index (Phi) is 8.41. The normalized spacial score (nSPS) is 13.9. The second-order valence-corrected chi connectivity index (χ2v) is 7.63. The number of halogens is 4. The van der Waals surface area contributed by atoms with Gasteiger partial charge >= 0.3 is 11.9 Å². The molecule has 0 saturated heterocycles. The summed E-state index contributed by atoms with van der Waals surface area (Å²) in [5, 5.41) is 0.868. The molecular weight excluding hydrogens is 478 g/mol. The Labute approximate surface area is 178 Å². The molecule has 0 heterocycles. The molecule has 0 bridgehead atoms. The fraction of sp³-hybridized carbons (Fsp3) is 0.211. The second kappa shape index (κ2) is 10.5. The Bertz CT molecular complexity index is 829. The van der Waals surface area contributed by atoms with Gasteiger partial charge in [-0.1, -0.05) is 39.1 Å². The molecule has 0 spiro atoms. The Morgan fingerprint density at radius 3 is 1.89 bits per heavy atom. The summed E-state index contributed by atoms with van der Waals surface area (Å²) >= 11 is 14.6. The topological polar surface area (TPSA) is 69.7 Å². The summed E-state index contributed by atoms with van der Waals surface area (Å²) in [4.78, 5) is 34.1. The number of alkyl halides is 2. The largest absolute Gasteiger partial charge is 0.461 e. The third-order valence-corrected chi connectivity index (χ3v) is 4.87. The number of carbonyl (C=O) groups excluding carboxylic acids is 3. The minimum absolute atomic E-state index is 0.00901. The van der Waals surface area contributed by atoms with Gasteiger partial charge in [-0.15, -0.1) is 0 Å². The highest BCUT2D eigenvalue weighted by atomic mass is 79.9. The van der Waals surface area contributed by atoms with E-state index < -0.39 is 29.0 Å². The van der Waals surface area contributed by atoms with Crippen LogP contribution in [0.1, 0.15) is 20.7 Å². The molecule has 0 fully saturated rings. The third kappa shape index (κ3) is 6.29. The third-order valence-electron chi connectivity index (χ3n) is 3.58. The molecule has 2 aromatic carbocycles. The van der Waals surface area contributed by atoms with Gasteiger partial charge in [0.2, 0.25) is 0 Å². The van der Waals surface area contributed by atoms with Gasteiger partial charge < -0.3 is 9.47 Å². The molecule has 0 aliphatic heterocycles. The molecule has 2 aromatic rings. The summed E-state index contributed by atoms with van der Waals surface area (Å²) in [7, 11) is 0. The van der Waals surface area contributed by atoms with E-state index >= 15 is 0 Å². The molecule has 3 atom stereocenters. The van der Waals surface area contributed by atoms with Gasteiger partial charge in [-0.05, 0) is 48.5 Å². The zero-order valence-electron chi connectivity index (χ0n) is 14.2. The smallest absolute Gasteiger partial charge is 0.338 e. The van der Waals surface area contributed by atoms with Crippen LogP contribution in [0.25, 0.3) is 0 Å². The van der Waals surface area contributed by atoms with E-state index in [9.17, 15) is 18.8 Å². The zero-order chi connectivity index (χ0) is 20.7. The van der Waals surface area contributed by atoms with Crippen LogP contribution in [-0.4, -0.2) is 41.9 Å². The quantitative estimate of drug-likeness (QED) is 0.304. The van der Waals surface area contributed by atoms with Crippen molar-refractivity contribution in [3.05, 3.63) is 69.7 Å². The standard InChI is InChI=1S/C19H14BrCl2FO5/c20-15(10-27-18(25)11-1-5-13(21)6-2-11)17(16(23)9-24)28-19(26)12-3-7-14(22)8-4-12/h1-9,15-17H,10H2. The van der Waals surface area contributed by atoms with Crippen LogP contribution in [0, 0.1) is 0 Å². The summed E-state index contributed by atoms with van der Waals surface area (Å²) in [6.07, 6.45) is -3.61. The number of esters is 2. The van der Waals surface area contributed by atoms with Crippen molar-refractivity contribution in [3.63, 3.8) is 0 Å². The molecule has 9 heteroatoms. The van der Waals surface area contributed by atoms with E-state index in [4.69, 9.17) is 32.7 Å². The van der Waals surface area contributed by atoms with E-state index in [-0.39, 0.29) is 24.0 Å². The molecule has 28 heavy (non-hydrogen) atoms. The first-order valence-corrected chi connectivity index (χ1v) is 9.61. The summed E-state index contributed by atoms with van der Waals surface area (Å²) in [6, 6.07) is 11.7. The predicted molar refractivity (Wildman–Crippen MR) is 106 cm³/mol. The lowest BCUT2D eigenvalue weighted by Crippen LogP contribution is -2.39. The molecule has 0 radical (unpaired) electrons. The summed E-state index contributed by atoms with van der Waals surface area (Å²) in [6.45, 7) is -0.339. The first kappa shape index (κ1) is 22.3. The lowest BCUT2D eigenvalue weighted by molar-refractivity contribution is -0.115. The van der Waals surface area contributed by atoms with Crippen LogP contribution in [0.3, 0.4) is 0 Å². The summed E-state index contributed by atoms with van der Waals surface area (Å²) in [5.41, 5.74) is 0.372. The van der Waals surface area contributed by atoms with Crippen molar-refractivity contribution >= 4 is 57.4 Å². The van der Waals surface area contributed by atoms with Crippen molar-refractivity contribution in [1.29, 1.82) is 0 Å². The van der Waals surface area contributed by atoms with Crippen molar-refractivity contribution < 1.29 is 28.2 Å². The first-order chi connectivity index (χ1) is 13.3. The zero-order valence-corrected chi connectivity index (χ0v) is 17.3. The monoisotopic (exact) mass is 490 g/mol. The highest BCUT2D eigenvalue weighted by Crippen LogP contribution is 2.20. The van der Waals surface area contributed by atoms with Crippen LogP contribution in [-0.2, 0) is 14.3 Å². The summed E-state index contributed by atoms with van der Waals surface area (Å²) < 4.78 is 24.2. The number of ether oxygens (including phenoxy) is 2. The van der Waals surface area contributed by atoms with E-state index in [1.807, 2.05) is 0 Å². The molecular formula is C19H14BrCl2FO5. The first-order valence-electron chi connectivity index (χ1n) is 7.94. The van der Waals surface area contributed by atoms with Gasteiger partial charge in [0.15, 0.2) is 18.6 Å². The molecule has 3 unspecified atom stereocenters. The average Bonchev–Trinajstić information content (AvgIpc) is 2.70. The number of hydrogen-bond donors (Lipinski definition) is 0. The van der Waals surface area contributed by atoms with Crippen LogP contribution in [0.4, 0.5) is 4.39 Å². The van der Waals surface area contributed by atoms with E-state index in [1.165, 1.54) is 48.5 Å². The second-order valence-electron chi connectivity index (χ2n) is 5.58. The maximum Gasteiger partial charge on any atom is 0.338 e. The fourth-order valence-corrected chi connectivity index (χ4v) is 2.90. The maximum absolute atomic E-state index is 14.0. The number of carbonyl (C=O) groups is 3. The van der Waals surface area contributed by atoms with Gasteiger partial charge in [-0.25, -0.2) is 14.0 Å². The Morgan fingerprint density at radius 2 is 1.43 bits per heavy atom. The summed E-state index contributed by atoms with van der Waals surface area (Å²) in [5.74, 6) is -1.52. The van der Waals surface area contributed by atoms with E-state index in [1.54, 1.807) is 0 Å². The highest BCUT2D eigenvalue weighted by Gasteiger charge is 2.33. The predicted octanol–water partition coefficient (Wildman–Crippen LogP) is 4.68. The molecule has 0 amide bonds. The van der Waals surface area contributed by atoms with Crippen molar-refractivity contribution in [2.24, 2.45) is 0 Å². The molecule has 0 aromatic heterocycles. The highest BCUT2D eigenvalue weighted by molar-refractivity contribution is 9.09. The van der Waals surface area contributed by atoms with Gasteiger partial charge in [0, 0.05) is 10.0 Å². The SMILES string of the molecule is O=CC(F)C(OC(=O)c1ccc(Cl)cc1)C(Br)COC(=O)c1ccc(Cl)cc1. The van der Waals surface area contributed by atoms with Crippen molar-refractivity contribution in [1.82, 2.24) is 0 Å². The Morgan fingerprint density at radius 1 is 0.964 bits per heavy atom. The lowest BCUT2D eigenvalue weighted by atomic mass is 10.1. The van der Waals surface area contributed by atoms with Gasteiger partial charge in [0.05, 0.1) is 16.0 Å². The Hall–Kier alpha value is -1.96. The van der Waals surface area contributed by atoms with Crippen molar-refractivity contribution in [2.75, 3.05) is 6.61 Å². The van der Waals surface area contributed by atoms with Gasteiger partial charge in [0.25, 0.3) is 0 Å². The molecule has 5 nitrogen and oxygen atoms in total. The van der Waals surface area contributed by atoms with Crippen LogP contribution >= 0.6 is 39.1 Å². The lowest BCUT2D eigenvalue weighted by Gasteiger charge is -2.23. The van der Waals surface area contributed by atoms with Gasteiger partial charge in [-0.2, -0.15) is 0 Å². The van der Waals surface area contributed by atoms with Gasteiger partial charge in [-0.3, -0.25) is 4.79 Å². The fourth-order valence-electron chi connectivity index (χ4n) is 2.11. The van der Waals surface area contributed by atoms with Crippen molar-refractivity contribution in [2.45, 2.75) is 17.1 Å². The van der Waals surface area contributed by atoms with Crippen LogP contribution < -0.4 is 0 Å². The van der Waals surface area contributed by atoms with Crippen molar-refractivity contribution in [3.8, 4) is 0 Å². The van der Waals surface area contributed by atoms with E-state index in [2.05, 4.69) is 15.9 Å². The van der Waals surface area contributed by atoms with E-state index in [0.29, 0.717) is 10.0 Å². The molecule has 0 aliphatic carbocycles. The molecule has 2 rings (SSSR count). The van der Waals surface area contributed by atoms with Crippen LogP contribution in [0.15, 0.2) is 48.5 Å². The maximum atomic E-state index is 14.0. The van der Waals surface area contributed by atoms with Gasteiger partial charge in [0.1, 0.15) is 6.61 Å². The minimum Gasteiger partial charge on any atom is -0.461 e. The van der Waals surface area contributed by atoms with E-state index in [0.717, 1.165) is 0 Å². The number of rotatable bonds is 8. The van der Waals surface area contributed by atoms with Crippen LogP contribution in [0.5, 0.6) is 0 Å². The molecule has 0 saturated carbocycles. The minimum atomic E-state index is -2.12. The number of hydrogen-bond acceptors (Lipinski definition) is 5. The number of aldehydes is 1. The average molecular weight is 492 g/mol. The van der Waals surface area contributed by atoms with Crippen LogP contribution in [0.2, 0.25) is 10.0 Å². The molecule has 0 N–H and O–H groups in total.